The fourth-order valence-corrected chi connectivity index (χ4v) is 0. The molecule has 0 aliphatic carbocycles. The summed E-state index contributed by atoms with van der Waals surface area (Å²) in [7, 11) is 0. The summed E-state index contributed by atoms with van der Waals surface area (Å²) in [6, 6.07) is 0. The third-order valence-electron chi connectivity index (χ3n) is 0. The molecule has 112 valence electrons. The molecule has 0 bridgehead atoms. The van der Waals surface area contributed by atoms with Gasteiger partial charge in [0.15, 0.2) is 0 Å². The van der Waals surface area contributed by atoms with Gasteiger partial charge in [-0.25, -0.2) is 0 Å². The summed E-state index contributed by atoms with van der Waals surface area (Å²) in [6.45, 7) is 0. The second kappa shape index (κ2) is 39.0. The summed E-state index contributed by atoms with van der Waals surface area (Å²) in [4.78, 5) is 0. The van der Waals surface area contributed by atoms with Gasteiger partial charge in [-0.3, -0.25) is 0 Å². The van der Waals surface area contributed by atoms with Gasteiger partial charge in [-0.05, 0) is 0 Å². The van der Waals surface area contributed by atoms with Crippen LogP contribution in [-0.4, -0.2) is 285 Å². The minimum atomic E-state index is -6.10. The fourth-order valence-electron chi connectivity index (χ4n) is 0. The van der Waals surface area contributed by atoms with Crippen molar-refractivity contribution in [3.05, 3.63) is 0 Å². The molecule has 0 aromatic carbocycles. The van der Waals surface area contributed by atoms with Crippen molar-refractivity contribution in [1.29, 1.82) is 0 Å². The summed E-state index contributed by atoms with van der Waals surface area (Å²) < 4.78 is 121. The van der Waals surface area contributed by atoms with Crippen molar-refractivity contribution < 1.29 is 85.0 Å². The van der Waals surface area contributed by atoms with Crippen molar-refractivity contribution in [1.82, 2.24) is 0 Å². The van der Waals surface area contributed by atoms with Crippen LogP contribution in [0.25, 0.3) is 0 Å². The zero-order valence-corrected chi connectivity index (χ0v) is 41.6. The third-order valence-corrected chi connectivity index (χ3v) is 0. The van der Waals surface area contributed by atoms with Crippen molar-refractivity contribution in [3.63, 3.8) is 0 Å². The van der Waals surface area contributed by atoms with E-state index >= 15 is 0 Å². The van der Waals surface area contributed by atoms with E-state index in [1.165, 1.54) is 0 Å². The Balaban J connectivity index is -0.0000000152. The average molecular weight is 1250 g/mol. The maximum absolute atomic E-state index is 8.64. The first-order valence-electron chi connectivity index (χ1n) is 2.69. The molecule has 0 N–H and O–H groups in total. The molecule has 0 amide bonds. The van der Waals surface area contributed by atoms with E-state index in [1.807, 2.05) is 0 Å². The quantitative estimate of drug-likeness (QED) is 0.204. The van der Waals surface area contributed by atoms with Crippen molar-refractivity contribution in [2.75, 3.05) is 0 Å². The molecule has 0 rings (SSSR count). The number of rotatable bonds is 0. The van der Waals surface area contributed by atoms with Gasteiger partial charge in [-0.15, -0.1) is 0 Å². The summed E-state index contributed by atoms with van der Waals surface area (Å²) >= 11 is -20.4. The van der Waals surface area contributed by atoms with Crippen molar-refractivity contribution >= 4 is 285 Å². The average Bonchev–Trinajstić information content (AvgIpc) is 1.70. The first-order valence-corrected chi connectivity index (χ1v) is 14.8. The van der Waals surface area contributed by atoms with E-state index in [4.69, 9.17) is 47.7 Å². The van der Waals surface area contributed by atoms with Crippen LogP contribution < -0.4 is 35.1 Å². The molecular weight excluding hydrogens is 1250 g/mol. The second-order valence-electron chi connectivity index (χ2n) is 1.39. The van der Waals surface area contributed by atoms with Gasteiger partial charge in [0.2, 0.25) is 0 Å². The Morgan fingerprint density at radius 3 is 0.478 bits per heavy atom. The van der Waals surface area contributed by atoms with Crippen LogP contribution in [0.15, 0.2) is 0 Å². The molecule has 0 aliphatic rings. The molecular formula is Ba5O14Sb2Ti2. The van der Waals surface area contributed by atoms with E-state index < -0.39 is 77.3 Å². The second-order valence-corrected chi connectivity index (χ2v) is 8.06. The summed E-state index contributed by atoms with van der Waals surface area (Å²) in [6.07, 6.45) is 0. The monoisotopic (exact) mass is 1250 g/mol. The number of hydrogen-bond donors (Lipinski definition) is 0. The molecule has 0 fully saturated rings. The molecule has 0 atom stereocenters. The van der Waals surface area contributed by atoms with Gasteiger partial charge < -0.3 is 0 Å². The van der Waals surface area contributed by atoms with Crippen LogP contribution in [0.2, 0.25) is 0 Å². The Morgan fingerprint density at radius 1 is 0.478 bits per heavy atom. The van der Waals surface area contributed by atoms with Crippen LogP contribution in [0.4, 0.5) is 0 Å². The Labute approximate surface area is 356 Å². The fraction of sp³-hybridized carbons (Fsp3) is 0. The van der Waals surface area contributed by atoms with Gasteiger partial charge in [0.1, 0.15) is 0 Å². The van der Waals surface area contributed by atoms with Crippen molar-refractivity contribution in [3.8, 4) is 0 Å². The molecule has 0 saturated heterocycles. The molecule has 0 aromatic rings. The van der Waals surface area contributed by atoms with Crippen LogP contribution in [0, 0.1) is 0 Å². The zero-order valence-electron chi connectivity index (χ0n) is 11.1. The van der Waals surface area contributed by atoms with Crippen LogP contribution >= 0.6 is 0 Å². The van der Waals surface area contributed by atoms with Crippen LogP contribution in [0.5, 0.6) is 0 Å². The third kappa shape index (κ3) is 296. The molecule has 23 heteroatoms. The molecule has 14 nitrogen and oxygen atoms in total. The van der Waals surface area contributed by atoms with Gasteiger partial charge in [0.25, 0.3) is 0 Å². The van der Waals surface area contributed by atoms with Crippen LogP contribution in [0.1, 0.15) is 0 Å². The molecule has 0 radical (unpaired) electrons. The standard InChI is InChI=1S/5Ba.14O.2Sb.2Ti/q5*+2;;;;;10*-1;;;;. The minimum absolute atomic E-state index is 0. The van der Waals surface area contributed by atoms with Crippen molar-refractivity contribution in [2.24, 2.45) is 0 Å². The first kappa shape index (κ1) is 58.5. The predicted molar refractivity (Wildman–Crippen MR) is 43.0 cm³/mol. The van der Waals surface area contributed by atoms with Gasteiger partial charge >= 0.3 is 369 Å². The molecule has 0 aliphatic heterocycles. The van der Waals surface area contributed by atoms with Crippen LogP contribution in [-0.2, 0) is 49.9 Å². The van der Waals surface area contributed by atoms with E-state index in [2.05, 4.69) is 0 Å². The molecule has 0 heterocycles. The Morgan fingerprint density at radius 2 is 0.478 bits per heavy atom. The Kier molecular flexibility index (Phi) is 99.1. The zero-order chi connectivity index (χ0) is 16.2. The SMILES string of the molecule is [Ba+2].[Ba+2].[Ba+2].[Ba+2].[Ba+2].[O]=[Sb]([O-])([O-])[O-].[O]=[Sb]([O-])([O-])[O-].[O]=[Ti]([O-])[O-].[O]=[Ti]([O-])[O-]. The number of hydrogen-bond acceptors (Lipinski definition) is 14. The van der Waals surface area contributed by atoms with Gasteiger partial charge in [0.05, 0.1) is 0 Å². The van der Waals surface area contributed by atoms with E-state index in [0.717, 1.165) is 0 Å². The Hall–Kier alpha value is 9.72. The Bertz CT molecular complexity index is 267. The topological polar surface area (TPSA) is 299 Å². The molecule has 0 saturated carbocycles. The maximum atomic E-state index is 8.64. The van der Waals surface area contributed by atoms with Gasteiger partial charge in [0, 0.05) is 0 Å². The van der Waals surface area contributed by atoms with E-state index in [0.29, 0.717) is 0 Å². The van der Waals surface area contributed by atoms with Crippen LogP contribution in [0.3, 0.4) is 0 Å². The molecule has 0 spiro atoms. The first-order chi connectivity index (χ1) is 7.46. The normalized spacial score (nSPS) is 7.39. The summed E-state index contributed by atoms with van der Waals surface area (Å²) in [5, 5.41) is 0. The molecule has 0 unspecified atom stereocenters. The summed E-state index contributed by atoms with van der Waals surface area (Å²) in [5.74, 6) is 0. The van der Waals surface area contributed by atoms with E-state index in [1.54, 1.807) is 0 Å². The summed E-state index contributed by atoms with van der Waals surface area (Å²) in [5.41, 5.74) is 0. The van der Waals surface area contributed by atoms with E-state index in [-0.39, 0.29) is 244 Å². The molecule has 0 aromatic heterocycles. The predicted octanol–water partition coefficient (Wildman–Crippen LogP) is -15.0. The van der Waals surface area contributed by atoms with E-state index in [9.17, 15) is 0 Å². The molecule has 23 heavy (non-hydrogen) atoms. The van der Waals surface area contributed by atoms with Crippen molar-refractivity contribution in [2.45, 2.75) is 0 Å². The van der Waals surface area contributed by atoms with Gasteiger partial charge in [-0.1, -0.05) is 0 Å². The van der Waals surface area contributed by atoms with Gasteiger partial charge in [-0.2, -0.15) is 0 Å².